The molecule has 0 saturated carbocycles. The van der Waals surface area contributed by atoms with E-state index in [4.69, 9.17) is 15.9 Å². The molecule has 6 nitrogen and oxygen atoms in total. The predicted molar refractivity (Wildman–Crippen MR) is 97.6 cm³/mol. The monoisotopic (exact) mass is 336 g/mol. The first-order chi connectivity index (χ1) is 12.1. The second kappa shape index (κ2) is 7.53. The molecule has 0 bridgehead atoms. The molecule has 1 heterocycles. The van der Waals surface area contributed by atoms with Gasteiger partial charge in [-0.25, -0.2) is 4.79 Å². The zero-order chi connectivity index (χ0) is 17.6. The number of alkyl carbamates (subject to hydrolysis) is 1. The molecule has 0 fully saturated rings. The maximum atomic E-state index is 11.8. The van der Waals surface area contributed by atoms with E-state index in [0.717, 1.165) is 22.0 Å². The van der Waals surface area contributed by atoms with Crippen molar-refractivity contribution in [3.8, 4) is 0 Å². The zero-order valence-electron chi connectivity index (χ0n) is 13.7. The molecule has 2 aromatic carbocycles. The summed E-state index contributed by atoms with van der Waals surface area (Å²) in [6.07, 6.45) is 2.13. The molecular formula is C19H20N4O2. The summed E-state index contributed by atoms with van der Waals surface area (Å²) in [5.41, 5.74) is 9.21. The molecule has 1 amide bonds. The largest absolute Gasteiger partial charge is 0.445 e. The number of H-pyrrole nitrogens is 1. The molecule has 0 atom stereocenters. The van der Waals surface area contributed by atoms with Gasteiger partial charge in [-0.1, -0.05) is 30.3 Å². The quantitative estimate of drug-likeness (QED) is 0.411. The summed E-state index contributed by atoms with van der Waals surface area (Å²) < 4.78 is 5.18. The number of aromatic nitrogens is 1. The molecule has 128 valence electrons. The highest BCUT2D eigenvalue weighted by Gasteiger charge is 2.07. The number of carbonyl (C=O) groups excluding carboxylic acids is 1. The number of nitrogens with one attached hydrogen (secondary N) is 3. The van der Waals surface area contributed by atoms with Gasteiger partial charge < -0.3 is 20.8 Å². The number of carbonyl (C=O) groups is 1. The number of amidine groups is 1. The van der Waals surface area contributed by atoms with E-state index in [0.29, 0.717) is 18.5 Å². The van der Waals surface area contributed by atoms with Crippen LogP contribution in [0.2, 0.25) is 0 Å². The van der Waals surface area contributed by atoms with Crippen LogP contribution >= 0.6 is 0 Å². The topological polar surface area (TPSA) is 104 Å². The smallest absolute Gasteiger partial charge is 0.407 e. The van der Waals surface area contributed by atoms with Crippen molar-refractivity contribution in [2.75, 3.05) is 6.54 Å². The van der Waals surface area contributed by atoms with Crippen molar-refractivity contribution in [1.82, 2.24) is 10.3 Å². The Kier molecular flexibility index (Phi) is 4.99. The third-order valence-electron chi connectivity index (χ3n) is 3.95. The lowest BCUT2D eigenvalue weighted by Crippen LogP contribution is -2.26. The maximum absolute atomic E-state index is 11.8. The van der Waals surface area contributed by atoms with Crippen LogP contribution in [0.1, 0.15) is 16.7 Å². The van der Waals surface area contributed by atoms with E-state index in [2.05, 4.69) is 10.3 Å². The van der Waals surface area contributed by atoms with Crippen LogP contribution in [0.3, 0.4) is 0 Å². The van der Waals surface area contributed by atoms with E-state index in [9.17, 15) is 4.79 Å². The van der Waals surface area contributed by atoms with Crippen molar-refractivity contribution in [2.24, 2.45) is 5.73 Å². The fourth-order valence-corrected chi connectivity index (χ4v) is 2.63. The SMILES string of the molecule is N=C(N)c1ccc2[nH]cc(CCNC(=O)OCc3ccccc3)c2c1. The number of hydrogen-bond donors (Lipinski definition) is 4. The van der Waals surface area contributed by atoms with Gasteiger partial charge >= 0.3 is 6.09 Å². The van der Waals surface area contributed by atoms with Gasteiger partial charge in [-0.05, 0) is 35.7 Å². The number of aromatic amines is 1. The Morgan fingerprint density at radius 3 is 2.76 bits per heavy atom. The number of rotatable bonds is 6. The summed E-state index contributed by atoms with van der Waals surface area (Å²) >= 11 is 0. The Labute approximate surface area is 145 Å². The van der Waals surface area contributed by atoms with Crippen LogP contribution in [0.4, 0.5) is 4.79 Å². The lowest BCUT2D eigenvalue weighted by molar-refractivity contribution is 0.140. The molecular weight excluding hydrogens is 316 g/mol. The van der Waals surface area contributed by atoms with Gasteiger partial charge in [0.15, 0.2) is 0 Å². The highest BCUT2D eigenvalue weighted by molar-refractivity contribution is 5.99. The minimum Gasteiger partial charge on any atom is -0.445 e. The summed E-state index contributed by atoms with van der Waals surface area (Å²) in [6, 6.07) is 15.1. The van der Waals surface area contributed by atoms with Crippen LogP contribution in [-0.4, -0.2) is 23.5 Å². The average molecular weight is 336 g/mol. The summed E-state index contributed by atoms with van der Waals surface area (Å²) in [5.74, 6) is 0.0386. The van der Waals surface area contributed by atoms with Gasteiger partial charge in [-0.2, -0.15) is 0 Å². The second-order valence-electron chi connectivity index (χ2n) is 5.73. The van der Waals surface area contributed by atoms with E-state index in [-0.39, 0.29) is 12.4 Å². The Morgan fingerprint density at radius 1 is 1.20 bits per heavy atom. The first kappa shape index (κ1) is 16.6. The minimum absolute atomic E-state index is 0.0386. The summed E-state index contributed by atoms with van der Waals surface area (Å²) in [4.78, 5) is 14.9. The second-order valence-corrected chi connectivity index (χ2v) is 5.73. The van der Waals surface area contributed by atoms with Crippen LogP contribution in [0.15, 0.2) is 54.7 Å². The van der Waals surface area contributed by atoms with Crippen molar-refractivity contribution in [1.29, 1.82) is 5.41 Å². The Bertz CT molecular complexity index is 887. The van der Waals surface area contributed by atoms with Crippen LogP contribution in [0.5, 0.6) is 0 Å². The maximum Gasteiger partial charge on any atom is 0.407 e. The normalized spacial score (nSPS) is 10.6. The molecule has 0 aliphatic heterocycles. The van der Waals surface area contributed by atoms with E-state index in [1.165, 1.54) is 0 Å². The van der Waals surface area contributed by atoms with Gasteiger partial charge in [0.25, 0.3) is 0 Å². The Balaban J connectivity index is 1.53. The fraction of sp³-hybridized carbons (Fsp3) is 0.158. The van der Waals surface area contributed by atoms with Crippen LogP contribution in [0.25, 0.3) is 10.9 Å². The summed E-state index contributed by atoms with van der Waals surface area (Å²) in [7, 11) is 0. The van der Waals surface area contributed by atoms with Crippen molar-refractivity contribution >= 4 is 22.8 Å². The van der Waals surface area contributed by atoms with Gasteiger partial charge in [0.1, 0.15) is 12.4 Å². The fourth-order valence-electron chi connectivity index (χ4n) is 2.63. The third-order valence-corrected chi connectivity index (χ3v) is 3.95. The van der Waals surface area contributed by atoms with E-state index in [1.807, 2.05) is 54.7 Å². The van der Waals surface area contributed by atoms with Gasteiger partial charge in [0, 0.05) is 29.2 Å². The molecule has 25 heavy (non-hydrogen) atoms. The molecule has 6 heteroatoms. The predicted octanol–water partition coefficient (Wildman–Crippen LogP) is 2.92. The molecule has 5 N–H and O–H groups in total. The molecule has 0 aliphatic carbocycles. The number of ether oxygens (including phenoxy) is 1. The number of fused-ring (bicyclic) bond motifs is 1. The Morgan fingerprint density at radius 2 is 2.00 bits per heavy atom. The summed E-state index contributed by atoms with van der Waals surface area (Å²) in [6.45, 7) is 0.715. The third kappa shape index (κ3) is 4.17. The molecule has 3 rings (SSSR count). The standard InChI is InChI=1S/C19H20N4O2/c20-18(21)14-6-7-17-16(10-14)15(11-23-17)8-9-22-19(24)25-12-13-4-2-1-3-5-13/h1-7,10-11,23H,8-9,12H2,(H3,20,21)(H,22,24). The number of hydrogen-bond acceptors (Lipinski definition) is 3. The minimum atomic E-state index is -0.437. The van der Waals surface area contributed by atoms with E-state index < -0.39 is 6.09 Å². The van der Waals surface area contributed by atoms with Crippen molar-refractivity contribution in [2.45, 2.75) is 13.0 Å². The number of nitrogen functional groups attached to an aromatic ring is 1. The molecule has 0 radical (unpaired) electrons. The van der Waals surface area contributed by atoms with Crippen LogP contribution in [-0.2, 0) is 17.8 Å². The summed E-state index contributed by atoms with van der Waals surface area (Å²) in [5, 5.41) is 11.3. The van der Waals surface area contributed by atoms with Crippen molar-refractivity contribution in [3.05, 3.63) is 71.4 Å². The zero-order valence-corrected chi connectivity index (χ0v) is 13.7. The van der Waals surface area contributed by atoms with E-state index in [1.54, 1.807) is 0 Å². The lowest BCUT2D eigenvalue weighted by atomic mass is 10.1. The van der Waals surface area contributed by atoms with Crippen LogP contribution in [0, 0.1) is 5.41 Å². The molecule has 3 aromatic rings. The number of amides is 1. The first-order valence-electron chi connectivity index (χ1n) is 8.02. The van der Waals surface area contributed by atoms with Gasteiger partial charge in [0.2, 0.25) is 0 Å². The van der Waals surface area contributed by atoms with Crippen molar-refractivity contribution in [3.63, 3.8) is 0 Å². The Hall–Kier alpha value is -3.28. The van der Waals surface area contributed by atoms with Gasteiger partial charge in [-0.3, -0.25) is 5.41 Å². The number of nitrogens with two attached hydrogens (primary N) is 1. The molecule has 0 aliphatic rings. The molecule has 0 saturated heterocycles. The molecule has 0 unspecified atom stereocenters. The van der Waals surface area contributed by atoms with Crippen LogP contribution < -0.4 is 11.1 Å². The molecule has 1 aromatic heterocycles. The van der Waals surface area contributed by atoms with Gasteiger partial charge in [0.05, 0.1) is 0 Å². The number of benzene rings is 2. The van der Waals surface area contributed by atoms with Crippen molar-refractivity contribution < 1.29 is 9.53 Å². The van der Waals surface area contributed by atoms with Gasteiger partial charge in [-0.15, -0.1) is 0 Å². The highest BCUT2D eigenvalue weighted by Crippen LogP contribution is 2.20. The average Bonchev–Trinajstić information content (AvgIpc) is 3.03. The first-order valence-corrected chi connectivity index (χ1v) is 8.02. The highest BCUT2D eigenvalue weighted by atomic mass is 16.5. The molecule has 0 spiro atoms. The lowest BCUT2D eigenvalue weighted by Gasteiger charge is -2.07. The van der Waals surface area contributed by atoms with E-state index >= 15 is 0 Å².